The molecule has 0 aromatic heterocycles. The summed E-state index contributed by atoms with van der Waals surface area (Å²) in [4.78, 5) is 0.291. The van der Waals surface area contributed by atoms with Gasteiger partial charge in [-0.25, -0.2) is 8.42 Å². The lowest BCUT2D eigenvalue weighted by Gasteiger charge is -2.26. The van der Waals surface area contributed by atoms with Gasteiger partial charge in [0, 0.05) is 0 Å². The highest BCUT2D eigenvalue weighted by molar-refractivity contribution is 7.89. The molecule has 24 heavy (non-hydrogen) atoms. The molecule has 0 saturated heterocycles. The summed E-state index contributed by atoms with van der Waals surface area (Å²) in [6, 6.07) is 16.5. The van der Waals surface area contributed by atoms with E-state index in [1.165, 1.54) is 0 Å². The second kappa shape index (κ2) is 6.75. The molecule has 0 radical (unpaired) electrons. The van der Waals surface area contributed by atoms with Crippen LogP contribution in [-0.4, -0.2) is 14.5 Å². The van der Waals surface area contributed by atoms with Crippen molar-refractivity contribution in [3.05, 3.63) is 83.4 Å². The molecule has 1 aliphatic rings. The topological polar surface area (TPSA) is 46.2 Å². The minimum atomic E-state index is -3.58. The molecule has 0 bridgehead atoms. The summed E-state index contributed by atoms with van der Waals surface area (Å²) in [5.74, 6) is 0. The fraction of sp³-hybridized carbons (Fsp3) is 0.200. The minimum Gasteiger partial charge on any atom is -0.207 e. The van der Waals surface area contributed by atoms with Crippen molar-refractivity contribution < 1.29 is 8.42 Å². The van der Waals surface area contributed by atoms with Gasteiger partial charge in [0.2, 0.25) is 10.0 Å². The van der Waals surface area contributed by atoms with Gasteiger partial charge in [-0.2, -0.15) is 4.72 Å². The first-order valence-electron chi connectivity index (χ1n) is 7.98. The summed E-state index contributed by atoms with van der Waals surface area (Å²) in [5.41, 5.74) is 4.10. The first-order chi connectivity index (χ1) is 11.5. The Bertz CT molecular complexity index is 879. The van der Waals surface area contributed by atoms with Crippen molar-refractivity contribution in [2.24, 2.45) is 0 Å². The number of sulfonamides is 1. The lowest BCUT2D eigenvalue weighted by atomic mass is 9.89. The van der Waals surface area contributed by atoms with Crippen LogP contribution in [0.5, 0.6) is 0 Å². The smallest absolute Gasteiger partial charge is 0.207 e. The first-order valence-corrected chi connectivity index (χ1v) is 9.47. The zero-order valence-corrected chi connectivity index (χ0v) is 14.7. The molecule has 2 aromatic rings. The highest BCUT2D eigenvalue weighted by Crippen LogP contribution is 2.29. The van der Waals surface area contributed by atoms with E-state index in [4.69, 9.17) is 0 Å². The fourth-order valence-corrected chi connectivity index (χ4v) is 4.12. The first kappa shape index (κ1) is 16.7. The molecule has 1 aliphatic carbocycles. The summed E-state index contributed by atoms with van der Waals surface area (Å²) in [6.45, 7) is 3.91. The summed E-state index contributed by atoms with van der Waals surface area (Å²) in [6.07, 6.45) is 4.97. The van der Waals surface area contributed by atoms with Gasteiger partial charge in [-0.15, -0.1) is 0 Å². The molecule has 0 heterocycles. The minimum absolute atomic E-state index is 0.291. The molecule has 124 valence electrons. The van der Waals surface area contributed by atoms with Crippen molar-refractivity contribution in [1.82, 2.24) is 4.72 Å². The third-order valence-corrected chi connectivity index (χ3v) is 5.69. The number of rotatable bonds is 4. The van der Waals surface area contributed by atoms with Crippen molar-refractivity contribution in [2.45, 2.75) is 31.2 Å². The Labute approximate surface area is 143 Å². The van der Waals surface area contributed by atoms with Crippen LogP contribution in [0.4, 0.5) is 0 Å². The van der Waals surface area contributed by atoms with E-state index in [0.29, 0.717) is 4.90 Å². The van der Waals surface area contributed by atoms with Gasteiger partial charge >= 0.3 is 0 Å². The van der Waals surface area contributed by atoms with Crippen molar-refractivity contribution in [2.75, 3.05) is 0 Å². The predicted octanol–water partition coefficient (Wildman–Crippen LogP) is 4.08. The van der Waals surface area contributed by atoms with E-state index in [9.17, 15) is 8.42 Å². The number of allylic oxidation sites excluding steroid dienone is 2. The quantitative estimate of drug-likeness (QED) is 0.853. The van der Waals surface area contributed by atoms with Gasteiger partial charge in [0.1, 0.15) is 0 Å². The molecule has 1 atom stereocenters. The molecule has 2 aromatic carbocycles. The van der Waals surface area contributed by atoms with Crippen LogP contribution < -0.4 is 4.72 Å². The summed E-state index contributed by atoms with van der Waals surface area (Å²) >= 11 is 0. The number of benzene rings is 2. The Morgan fingerprint density at radius 1 is 0.917 bits per heavy atom. The maximum Gasteiger partial charge on any atom is 0.241 e. The molecule has 0 amide bonds. The highest BCUT2D eigenvalue weighted by Gasteiger charge is 2.26. The van der Waals surface area contributed by atoms with Gasteiger partial charge in [0.05, 0.1) is 10.9 Å². The van der Waals surface area contributed by atoms with E-state index < -0.39 is 10.0 Å². The third-order valence-electron chi connectivity index (χ3n) is 4.26. The molecule has 0 aliphatic heterocycles. The average molecular weight is 339 g/mol. The van der Waals surface area contributed by atoms with Gasteiger partial charge < -0.3 is 0 Å². The van der Waals surface area contributed by atoms with E-state index in [2.05, 4.69) is 16.9 Å². The van der Waals surface area contributed by atoms with Crippen LogP contribution in [0.15, 0.2) is 77.2 Å². The zero-order chi connectivity index (χ0) is 17.2. The second-order valence-corrected chi connectivity index (χ2v) is 7.79. The Hall–Kier alpha value is -2.17. The van der Waals surface area contributed by atoms with E-state index in [1.54, 1.807) is 12.1 Å². The monoisotopic (exact) mass is 339 g/mol. The zero-order valence-electron chi connectivity index (χ0n) is 13.9. The van der Waals surface area contributed by atoms with Crippen LogP contribution in [0.25, 0.3) is 5.57 Å². The van der Waals surface area contributed by atoms with E-state index in [0.717, 1.165) is 28.7 Å². The van der Waals surface area contributed by atoms with Crippen molar-refractivity contribution >= 4 is 15.6 Å². The summed E-state index contributed by atoms with van der Waals surface area (Å²) < 4.78 is 28.4. The molecular weight excluding hydrogens is 318 g/mol. The molecule has 3 rings (SSSR count). The Morgan fingerprint density at radius 3 is 2.25 bits per heavy atom. The molecular formula is C20H21NO2S. The van der Waals surface area contributed by atoms with Gasteiger partial charge in [0.25, 0.3) is 0 Å². The average Bonchev–Trinajstić information content (AvgIpc) is 2.58. The number of nitrogens with one attached hydrogen (secondary N) is 1. The molecule has 3 nitrogen and oxygen atoms in total. The molecule has 1 unspecified atom stereocenters. The SMILES string of the molecule is CC1=CCC=C(c2ccccc2)C1NS(=O)(=O)c1ccc(C)cc1. The Morgan fingerprint density at radius 2 is 1.58 bits per heavy atom. The third kappa shape index (κ3) is 3.50. The van der Waals surface area contributed by atoms with Crippen LogP contribution >= 0.6 is 0 Å². The largest absolute Gasteiger partial charge is 0.241 e. The number of hydrogen-bond acceptors (Lipinski definition) is 2. The lowest BCUT2D eigenvalue weighted by Crippen LogP contribution is -2.37. The molecule has 4 heteroatoms. The van der Waals surface area contributed by atoms with E-state index in [1.807, 2.05) is 56.3 Å². The van der Waals surface area contributed by atoms with Crippen LogP contribution in [0.3, 0.4) is 0 Å². The van der Waals surface area contributed by atoms with Gasteiger partial charge in [-0.3, -0.25) is 0 Å². The van der Waals surface area contributed by atoms with Crippen LogP contribution in [0, 0.1) is 6.92 Å². The summed E-state index contributed by atoms with van der Waals surface area (Å²) in [7, 11) is -3.58. The fourth-order valence-electron chi connectivity index (χ4n) is 2.86. The predicted molar refractivity (Wildman–Crippen MR) is 98.1 cm³/mol. The molecule has 0 saturated carbocycles. The Balaban J connectivity index is 1.93. The van der Waals surface area contributed by atoms with Gasteiger partial charge in [-0.05, 0) is 43.5 Å². The van der Waals surface area contributed by atoms with Crippen LogP contribution in [0.2, 0.25) is 0 Å². The van der Waals surface area contributed by atoms with Crippen molar-refractivity contribution in [3.8, 4) is 0 Å². The van der Waals surface area contributed by atoms with Crippen LogP contribution in [-0.2, 0) is 10.0 Å². The number of aryl methyl sites for hydroxylation is 1. The van der Waals surface area contributed by atoms with E-state index in [-0.39, 0.29) is 6.04 Å². The van der Waals surface area contributed by atoms with Crippen molar-refractivity contribution in [1.29, 1.82) is 0 Å². The second-order valence-electron chi connectivity index (χ2n) is 6.08. The maximum atomic E-state index is 12.8. The van der Waals surface area contributed by atoms with Crippen LogP contribution in [0.1, 0.15) is 24.5 Å². The van der Waals surface area contributed by atoms with Gasteiger partial charge in [0.15, 0.2) is 0 Å². The van der Waals surface area contributed by atoms with E-state index >= 15 is 0 Å². The number of hydrogen-bond donors (Lipinski definition) is 1. The molecule has 0 spiro atoms. The van der Waals surface area contributed by atoms with Crippen molar-refractivity contribution in [3.63, 3.8) is 0 Å². The summed E-state index contributed by atoms with van der Waals surface area (Å²) in [5, 5.41) is 0. The Kier molecular flexibility index (Phi) is 4.69. The molecule has 1 N–H and O–H groups in total. The standard InChI is InChI=1S/C20H21NO2S/c1-15-11-13-18(14-12-15)24(22,23)21-20-16(2)7-6-10-19(20)17-8-4-3-5-9-17/h3-5,7-14,20-21H,6H2,1-2H3. The molecule has 0 fully saturated rings. The highest BCUT2D eigenvalue weighted by atomic mass is 32.2. The maximum absolute atomic E-state index is 12.8. The lowest BCUT2D eigenvalue weighted by molar-refractivity contribution is 0.578. The van der Waals surface area contributed by atoms with Gasteiger partial charge in [-0.1, -0.05) is 65.8 Å². The normalized spacial score (nSPS) is 18.0.